The smallest absolute Gasteiger partial charge is 0.256 e. The van der Waals surface area contributed by atoms with Gasteiger partial charge in [0.2, 0.25) is 5.91 Å². The van der Waals surface area contributed by atoms with Gasteiger partial charge in [0.1, 0.15) is 0 Å². The second-order valence-electron chi connectivity index (χ2n) is 6.32. The summed E-state index contributed by atoms with van der Waals surface area (Å²) < 4.78 is 0. The molecule has 3 aromatic carbocycles. The summed E-state index contributed by atoms with van der Waals surface area (Å²) in [6, 6.07) is 17.6. The van der Waals surface area contributed by atoms with Crippen molar-refractivity contribution in [1.29, 1.82) is 0 Å². The first-order valence-corrected chi connectivity index (χ1v) is 9.47. The molecule has 4 nitrogen and oxygen atoms in total. The lowest BCUT2D eigenvalue weighted by atomic mass is 10.0. The molecule has 2 amide bonds. The third-order valence-electron chi connectivity index (χ3n) is 4.63. The highest BCUT2D eigenvalue weighted by molar-refractivity contribution is 8.00. The second kappa shape index (κ2) is 6.84. The van der Waals surface area contributed by atoms with Crippen molar-refractivity contribution in [3.8, 4) is 0 Å². The van der Waals surface area contributed by atoms with Gasteiger partial charge in [-0.25, -0.2) is 0 Å². The fraction of sp³-hybridized carbons (Fsp3) is 0.143. The van der Waals surface area contributed by atoms with E-state index >= 15 is 0 Å². The molecule has 1 aliphatic carbocycles. The minimum Gasteiger partial charge on any atom is -0.369 e. The maximum Gasteiger partial charge on any atom is 0.256 e. The molecule has 0 heterocycles. The van der Waals surface area contributed by atoms with Gasteiger partial charge >= 0.3 is 0 Å². The van der Waals surface area contributed by atoms with Gasteiger partial charge in [-0.15, -0.1) is 11.8 Å². The minimum absolute atomic E-state index is 0.144. The summed E-state index contributed by atoms with van der Waals surface area (Å²) in [5.74, 6) is -0.445. The maximum absolute atomic E-state index is 12.9. The highest BCUT2D eigenvalue weighted by Gasteiger charge is 2.18. The van der Waals surface area contributed by atoms with Crippen molar-refractivity contribution in [3.05, 3.63) is 71.3 Å². The van der Waals surface area contributed by atoms with Crippen LogP contribution < -0.4 is 11.1 Å². The monoisotopic (exact) mass is 362 g/mol. The average Bonchev–Trinajstić information content (AvgIpc) is 3.07. The van der Waals surface area contributed by atoms with Crippen LogP contribution >= 0.6 is 11.8 Å². The Morgan fingerprint density at radius 3 is 2.54 bits per heavy atom. The maximum atomic E-state index is 12.9. The first kappa shape index (κ1) is 16.7. The third kappa shape index (κ3) is 3.06. The molecule has 26 heavy (non-hydrogen) atoms. The van der Waals surface area contributed by atoms with E-state index < -0.39 is 5.91 Å². The van der Waals surface area contributed by atoms with Gasteiger partial charge in [0.05, 0.1) is 11.3 Å². The van der Waals surface area contributed by atoms with E-state index in [9.17, 15) is 9.59 Å². The Hall–Kier alpha value is -2.79. The van der Waals surface area contributed by atoms with Gasteiger partial charge in [0.15, 0.2) is 0 Å². The van der Waals surface area contributed by atoms with Gasteiger partial charge < -0.3 is 11.1 Å². The summed E-state index contributed by atoms with van der Waals surface area (Å²) in [7, 11) is 0. The molecule has 4 rings (SSSR count). The van der Waals surface area contributed by atoms with E-state index in [4.69, 9.17) is 5.73 Å². The van der Waals surface area contributed by atoms with E-state index in [1.807, 2.05) is 30.3 Å². The highest BCUT2D eigenvalue weighted by Crippen LogP contribution is 2.35. The lowest BCUT2D eigenvalue weighted by molar-refractivity contribution is -0.115. The topological polar surface area (TPSA) is 72.2 Å². The van der Waals surface area contributed by atoms with E-state index in [-0.39, 0.29) is 11.7 Å². The average molecular weight is 362 g/mol. The Morgan fingerprint density at radius 1 is 0.962 bits per heavy atom. The number of amides is 2. The zero-order valence-electron chi connectivity index (χ0n) is 14.1. The summed E-state index contributed by atoms with van der Waals surface area (Å²) in [5.41, 5.74) is 9.26. The van der Waals surface area contributed by atoms with Crippen molar-refractivity contribution >= 4 is 40.0 Å². The number of anilines is 1. The summed E-state index contributed by atoms with van der Waals surface area (Å²) in [6.45, 7) is 0. The van der Waals surface area contributed by atoms with Crippen LogP contribution in [0.1, 0.15) is 21.5 Å². The van der Waals surface area contributed by atoms with Crippen LogP contribution in [0.3, 0.4) is 0 Å². The third-order valence-corrected chi connectivity index (χ3v) is 5.72. The van der Waals surface area contributed by atoms with Crippen molar-refractivity contribution in [2.24, 2.45) is 5.73 Å². The molecule has 3 N–H and O–H groups in total. The summed E-state index contributed by atoms with van der Waals surface area (Å²) >= 11 is 1.28. The number of benzene rings is 3. The van der Waals surface area contributed by atoms with Crippen molar-refractivity contribution in [1.82, 2.24) is 0 Å². The quantitative estimate of drug-likeness (QED) is 0.679. The Labute approximate surface area is 155 Å². The minimum atomic E-state index is -0.405. The molecule has 0 fully saturated rings. The number of primary amides is 1. The van der Waals surface area contributed by atoms with Gasteiger partial charge in [-0.3, -0.25) is 9.59 Å². The Bertz CT molecular complexity index is 1020. The normalized spacial score (nSPS) is 12.3. The SMILES string of the molecule is NC(=O)CSc1ccccc1C(=O)Nc1ccc2c3c(cccc13)CC2. The molecule has 0 atom stereocenters. The number of carbonyl (C=O) groups is 2. The Kier molecular flexibility index (Phi) is 4.39. The van der Waals surface area contributed by atoms with E-state index in [1.165, 1.54) is 28.3 Å². The van der Waals surface area contributed by atoms with E-state index in [2.05, 4.69) is 23.5 Å². The molecule has 3 aromatic rings. The van der Waals surface area contributed by atoms with Crippen molar-refractivity contribution < 1.29 is 9.59 Å². The van der Waals surface area contributed by atoms with Crippen molar-refractivity contribution in [2.75, 3.05) is 11.1 Å². The molecule has 0 radical (unpaired) electrons. The molecular weight excluding hydrogens is 344 g/mol. The van der Waals surface area contributed by atoms with Gasteiger partial charge in [-0.1, -0.05) is 36.4 Å². The van der Waals surface area contributed by atoms with Crippen LogP contribution in [0.15, 0.2) is 59.5 Å². The van der Waals surface area contributed by atoms with Crippen LogP contribution in [-0.4, -0.2) is 17.6 Å². The van der Waals surface area contributed by atoms with Crippen LogP contribution in [0.4, 0.5) is 5.69 Å². The fourth-order valence-corrected chi connectivity index (χ4v) is 4.26. The fourth-order valence-electron chi connectivity index (χ4n) is 3.47. The zero-order valence-corrected chi connectivity index (χ0v) is 14.9. The van der Waals surface area contributed by atoms with E-state index in [0.29, 0.717) is 5.56 Å². The molecule has 0 bridgehead atoms. The molecule has 0 aliphatic heterocycles. The predicted octanol–water partition coefficient (Wildman–Crippen LogP) is 3.77. The molecule has 0 unspecified atom stereocenters. The lowest BCUT2D eigenvalue weighted by Crippen LogP contribution is -2.15. The standard InChI is InChI=1S/C21H18N2O2S/c22-19(24)12-26-18-7-2-1-5-16(18)21(25)23-17-11-10-14-9-8-13-4-3-6-15(17)20(13)14/h1-7,10-11H,8-9,12H2,(H2,22,24)(H,23,25). The number of hydrogen-bond acceptors (Lipinski definition) is 3. The van der Waals surface area contributed by atoms with Gasteiger partial charge in [0.25, 0.3) is 5.91 Å². The lowest BCUT2D eigenvalue weighted by Gasteiger charge is -2.12. The number of carbonyl (C=O) groups excluding carboxylic acids is 2. The molecular formula is C21H18N2O2S. The zero-order chi connectivity index (χ0) is 18.1. The molecule has 0 saturated carbocycles. The number of nitrogens with one attached hydrogen (secondary N) is 1. The summed E-state index contributed by atoms with van der Waals surface area (Å²) in [4.78, 5) is 24.7. The number of thioether (sulfide) groups is 1. The van der Waals surface area contributed by atoms with Gasteiger partial charge in [0, 0.05) is 16.0 Å². The number of aryl methyl sites for hydroxylation is 2. The van der Waals surface area contributed by atoms with E-state index in [1.54, 1.807) is 6.07 Å². The largest absolute Gasteiger partial charge is 0.369 e. The van der Waals surface area contributed by atoms with Crippen LogP contribution in [0.25, 0.3) is 10.8 Å². The Morgan fingerprint density at radius 2 is 1.73 bits per heavy atom. The molecule has 5 heteroatoms. The molecule has 0 aromatic heterocycles. The van der Waals surface area contributed by atoms with Gasteiger partial charge in [-0.05, 0) is 47.6 Å². The first-order chi connectivity index (χ1) is 12.6. The summed E-state index contributed by atoms with van der Waals surface area (Å²) in [6.07, 6.45) is 2.10. The first-order valence-electron chi connectivity index (χ1n) is 8.48. The number of nitrogens with two attached hydrogens (primary N) is 1. The Balaban J connectivity index is 1.66. The predicted molar refractivity (Wildman–Crippen MR) is 106 cm³/mol. The molecule has 0 spiro atoms. The van der Waals surface area contributed by atoms with Crippen molar-refractivity contribution in [2.45, 2.75) is 17.7 Å². The molecule has 0 saturated heterocycles. The number of rotatable bonds is 5. The van der Waals surface area contributed by atoms with Crippen LogP contribution in [-0.2, 0) is 17.6 Å². The van der Waals surface area contributed by atoms with Crippen LogP contribution in [0, 0.1) is 0 Å². The van der Waals surface area contributed by atoms with Crippen molar-refractivity contribution in [3.63, 3.8) is 0 Å². The highest BCUT2D eigenvalue weighted by atomic mass is 32.2. The van der Waals surface area contributed by atoms with Crippen LogP contribution in [0.2, 0.25) is 0 Å². The van der Waals surface area contributed by atoms with Gasteiger partial charge in [-0.2, -0.15) is 0 Å². The number of hydrogen-bond donors (Lipinski definition) is 2. The van der Waals surface area contributed by atoms with E-state index in [0.717, 1.165) is 28.8 Å². The van der Waals surface area contributed by atoms with Crippen LogP contribution in [0.5, 0.6) is 0 Å². The summed E-state index contributed by atoms with van der Waals surface area (Å²) in [5, 5.41) is 5.39. The molecule has 130 valence electrons. The second-order valence-corrected chi connectivity index (χ2v) is 7.33. The molecule has 1 aliphatic rings.